The van der Waals surface area contributed by atoms with Gasteiger partial charge in [0.25, 0.3) is 0 Å². The third-order valence-electron chi connectivity index (χ3n) is 3.35. The van der Waals surface area contributed by atoms with Crippen LogP contribution in [0.2, 0.25) is 0 Å². The first-order valence-corrected chi connectivity index (χ1v) is 8.26. The van der Waals surface area contributed by atoms with Crippen molar-refractivity contribution in [2.45, 2.75) is 39.7 Å². The van der Waals surface area contributed by atoms with Gasteiger partial charge in [0.1, 0.15) is 0 Å². The molecule has 0 fully saturated rings. The molecular formula is C17H25N3S. The molecule has 4 heteroatoms. The van der Waals surface area contributed by atoms with Crippen molar-refractivity contribution in [2.24, 2.45) is 0 Å². The Bertz CT molecular complexity index is 569. The Morgan fingerprint density at radius 2 is 1.86 bits per heavy atom. The fraction of sp³-hybridized carbons (Fsp3) is 0.471. The Balaban J connectivity index is 2.43. The first kappa shape index (κ1) is 16.0. The minimum atomic E-state index is 0.0665. The topological polar surface area (TPSA) is 28.2 Å². The number of nitrogens with zero attached hydrogens (tertiary/aromatic N) is 2. The molecule has 114 valence electrons. The fourth-order valence-corrected chi connectivity index (χ4v) is 3.72. The number of aromatic nitrogens is 1. The van der Waals surface area contributed by atoms with Gasteiger partial charge in [-0.2, -0.15) is 0 Å². The smallest absolute Gasteiger partial charge is 0.190 e. The Hall–Kier alpha value is -1.39. The van der Waals surface area contributed by atoms with Gasteiger partial charge in [-0.15, -0.1) is 0 Å². The van der Waals surface area contributed by atoms with Gasteiger partial charge in [0, 0.05) is 29.1 Å². The molecule has 1 aromatic carbocycles. The highest BCUT2D eigenvalue weighted by Gasteiger charge is 2.24. The molecule has 0 aliphatic carbocycles. The summed E-state index contributed by atoms with van der Waals surface area (Å²) in [5.41, 5.74) is 2.47. The van der Waals surface area contributed by atoms with E-state index in [0.29, 0.717) is 0 Å². The Morgan fingerprint density at radius 3 is 2.38 bits per heavy atom. The molecule has 0 aliphatic rings. The van der Waals surface area contributed by atoms with Crippen molar-refractivity contribution < 1.29 is 0 Å². The third kappa shape index (κ3) is 3.63. The molecule has 1 N–H and O–H groups in total. The van der Waals surface area contributed by atoms with Crippen LogP contribution in [-0.4, -0.2) is 18.6 Å². The normalized spacial score (nSPS) is 11.7. The van der Waals surface area contributed by atoms with Crippen molar-refractivity contribution in [3.8, 4) is 0 Å². The number of thiazole rings is 1. The number of nitrogens with one attached hydrogen (secondary N) is 1. The predicted octanol–water partition coefficient (Wildman–Crippen LogP) is 4.32. The molecule has 2 aromatic rings. The van der Waals surface area contributed by atoms with Crippen LogP contribution in [0.25, 0.3) is 0 Å². The second-order valence-electron chi connectivity index (χ2n) is 6.13. The van der Waals surface area contributed by atoms with Crippen LogP contribution in [0, 0.1) is 0 Å². The second kappa shape index (κ2) is 6.58. The van der Waals surface area contributed by atoms with Crippen LogP contribution in [0.15, 0.2) is 30.3 Å². The van der Waals surface area contributed by atoms with Gasteiger partial charge in [0.15, 0.2) is 5.13 Å². The largest absolute Gasteiger partial charge is 0.318 e. The molecule has 0 saturated carbocycles. The zero-order valence-corrected chi connectivity index (χ0v) is 14.4. The van der Waals surface area contributed by atoms with Crippen molar-refractivity contribution in [1.29, 1.82) is 0 Å². The lowest BCUT2D eigenvalue weighted by Gasteiger charge is -2.20. The molecular weight excluding hydrogens is 278 g/mol. The third-order valence-corrected chi connectivity index (χ3v) is 4.43. The van der Waals surface area contributed by atoms with Gasteiger partial charge in [0.2, 0.25) is 0 Å². The second-order valence-corrected chi connectivity index (χ2v) is 7.19. The van der Waals surface area contributed by atoms with Crippen LogP contribution in [-0.2, 0) is 12.0 Å². The monoisotopic (exact) mass is 303 g/mol. The summed E-state index contributed by atoms with van der Waals surface area (Å²) < 4.78 is 0. The number of hydrogen-bond donors (Lipinski definition) is 1. The molecule has 2 rings (SSSR count). The first-order valence-electron chi connectivity index (χ1n) is 7.44. The quantitative estimate of drug-likeness (QED) is 0.891. The Labute approximate surface area is 132 Å². The Kier molecular flexibility index (Phi) is 5.01. The molecule has 1 heterocycles. The SMILES string of the molecule is CCN(c1ccccc1)c1nc(C(C)(C)C)c(CNC)s1. The van der Waals surface area contributed by atoms with Gasteiger partial charge in [0.05, 0.1) is 5.69 Å². The number of anilines is 2. The molecule has 0 aliphatic heterocycles. The summed E-state index contributed by atoms with van der Waals surface area (Å²) in [7, 11) is 1.99. The van der Waals surface area contributed by atoms with Gasteiger partial charge < -0.3 is 10.2 Å². The van der Waals surface area contributed by atoms with E-state index in [2.05, 4.69) is 62.2 Å². The van der Waals surface area contributed by atoms with E-state index < -0.39 is 0 Å². The Morgan fingerprint density at radius 1 is 1.19 bits per heavy atom. The summed E-state index contributed by atoms with van der Waals surface area (Å²) in [4.78, 5) is 8.56. The van der Waals surface area contributed by atoms with E-state index in [1.807, 2.05) is 13.1 Å². The lowest BCUT2D eigenvalue weighted by atomic mass is 9.91. The maximum atomic E-state index is 4.95. The molecule has 1 aromatic heterocycles. The summed E-state index contributed by atoms with van der Waals surface area (Å²) >= 11 is 1.79. The predicted molar refractivity (Wildman–Crippen MR) is 92.7 cm³/mol. The van der Waals surface area contributed by atoms with Crippen LogP contribution >= 0.6 is 11.3 Å². The zero-order valence-electron chi connectivity index (χ0n) is 13.6. The summed E-state index contributed by atoms with van der Waals surface area (Å²) in [6.45, 7) is 10.6. The van der Waals surface area contributed by atoms with E-state index in [-0.39, 0.29) is 5.41 Å². The summed E-state index contributed by atoms with van der Waals surface area (Å²) in [5.74, 6) is 0. The van der Waals surface area contributed by atoms with E-state index in [4.69, 9.17) is 4.98 Å². The average Bonchev–Trinajstić information content (AvgIpc) is 2.85. The van der Waals surface area contributed by atoms with Crippen LogP contribution in [0.5, 0.6) is 0 Å². The molecule has 3 nitrogen and oxygen atoms in total. The van der Waals surface area contributed by atoms with Gasteiger partial charge >= 0.3 is 0 Å². The summed E-state index contributed by atoms with van der Waals surface area (Å²) in [6, 6.07) is 10.5. The highest BCUT2D eigenvalue weighted by atomic mass is 32.1. The van der Waals surface area contributed by atoms with Crippen molar-refractivity contribution in [3.05, 3.63) is 40.9 Å². The maximum Gasteiger partial charge on any atom is 0.190 e. The van der Waals surface area contributed by atoms with Gasteiger partial charge in [-0.05, 0) is 26.1 Å². The lowest BCUT2D eigenvalue weighted by Crippen LogP contribution is -2.18. The lowest BCUT2D eigenvalue weighted by molar-refractivity contribution is 0.563. The molecule has 21 heavy (non-hydrogen) atoms. The van der Waals surface area contributed by atoms with Crippen LogP contribution < -0.4 is 10.2 Å². The number of para-hydroxylation sites is 1. The number of rotatable bonds is 5. The minimum Gasteiger partial charge on any atom is -0.318 e. The molecule has 0 bridgehead atoms. The minimum absolute atomic E-state index is 0.0665. The van der Waals surface area contributed by atoms with Crippen molar-refractivity contribution >= 4 is 22.2 Å². The summed E-state index contributed by atoms with van der Waals surface area (Å²) in [5, 5.41) is 4.34. The number of benzene rings is 1. The molecule has 0 radical (unpaired) electrons. The first-order chi connectivity index (χ1) is 9.97. The van der Waals surface area contributed by atoms with Crippen molar-refractivity contribution in [1.82, 2.24) is 10.3 Å². The van der Waals surface area contributed by atoms with Gasteiger partial charge in [-0.25, -0.2) is 4.98 Å². The molecule has 0 amide bonds. The van der Waals surface area contributed by atoms with E-state index in [9.17, 15) is 0 Å². The van der Waals surface area contributed by atoms with Crippen molar-refractivity contribution in [2.75, 3.05) is 18.5 Å². The standard InChI is InChI=1S/C17H25N3S/c1-6-20(13-10-8-7-9-11-13)16-19-15(17(2,3)4)14(21-16)12-18-5/h7-11,18H,6,12H2,1-5H3. The zero-order chi connectivity index (χ0) is 15.5. The average molecular weight is 303 g/mol. The highest BCUT2D eigenvalue weighted by molar-refractivity contribution is 7.15. The number of hydrogen-bond acceptors (Lipinski definition) is 4. The van der Waals surface area contributed by atoms with E-state index in [0.717, 1.165) is 18.2 Å². The van der Waals surface area contributed by atoms with E-state index in [1.165, 1.54) is 16.3 Å². The van der Waals surface area contributed by atoms with Gasteiger partial charge in [-0.3, -0.25) is 0 Å². The van der Waals surface area contributed by atoms with Crippen LogP contribution in [0.3, 0.4) is 0 Å². The molecule has 0 atom stereocenters. The van der Waals surface area contributed by atoms with Crippen LogP contribution in [0.1, 0.15) is 38.3 Å². The highest BCUT2D eigenvalue weighted by Crippen LogP contribution is 2.36. The summed E-state index contributed by atoms with van der Waals surface area (Å²) in [6.07, 6.45) is 0. The van der Waals surface area contributed by atoms with Gasteiger partial charge in [-0.1, -0.05) is 50.3 Å². The maximum absolute atomic E-state index is 4.95. The van der Waals surface area contributed by atoms with Crippen molar-refractivity contribution in [3.63, 3.8) is 0 Å². The van der Waals surface area contributed by atoms with E-state index >= 15 is 0 Å². The molecule has 0 saturated heterocycles. The van der Waals surface area contributed by atoms with Crippen LogP contribution in [0.4, 0.5) is 10.8 Å². The molecule has 0 spiro atoms. The fourth-order valence-electron chi connectivity index (χ4n) is 2.36. The van der Waals surface area contributed by atoms with E-state index in [1.54, 1.807) is 11.3 Å². The molecule has 0 unspecified atom stereocenters.